The lowest BCUT2D eigenvalue weighted by Crippen LogP contribution is -2.63. The van der Waals surface area contributed by atoms with E-state index in [9.17, 15) is 19.2 Å². The van der Waals surface area contributed by atoms with Crippen molar-refractivity contribution < 1.29 is 38.1 Å². The van der Waals surface area contributed by atoms with E-state index in [-0.39, 0.29) is 70.9 Å². The molecule has 0 amide bonds. The molecular formula is C61H60O8. The average Bonchev–Trinajstić information content (AvgIpc) is 3.72. The molecular weight excluding hydrogens is 861 g/mol. The highest BCUT2D eigenvalue weighted by Crippen LogP contribution is 2.69. The van der Waals surface area contributed by atoms with Gasteiger partial charge < -0.3 is 18.9 Å². The highest BCUT2D eigenvalue weighted by Gasteiger charge is 2.68. The first-order valence-corrected chi connectivity index (χ1v) is 25.3. The summed E-state index contributed by atoms with van der Waals surface area (Å²) in [6, 6.07) is 37.6. The Morgan fingerprint density at radius 2 is 1.12 bits per heavy atom. The number of carbonyl (C=O) groups is 4. The van der Waals surface area contributed by atoms with Crippen LogP contribution in [0.15, 0.2) is 109 Å². The van der Waals surface area contributed by atoms with E-state index in [4.69, 9.17) is 18.9 Å². The fourth-order valence-electron chi connectivity index (χ4n) is 15.5. The molecule has 4 aliphatic carbocycles. The van der Waals surface area contributed by atoms with Crippen molar-refractivity contribution in [3.8, 4) is 0 Å². The summed E-state index contributed by atoms with van der Waals surface area (Å²) in [5.41, 5.74) is 0.401. The first kappa shape index (κ1) is 44.0. The predicted octanol–water partition coefficient (Wildman–Crippen LogP) is 13.6. The van der Waals surface area contributed by atoms with E-state index in [1.165, 1.54) is 46.4 Å². The largest absolute Gasteiger partial charge is 0.469 e. The molecule has 8 aromatic carbocycles. The van der Waals surface area contributed by atoms with Gasteiger partial charge in [0.1, 0.15) is 18.3 Å². The van der Waals surface area contributed by atoms with E-state index in [2.05, 4.69) is 106 Å². The number of ether oxygens (including phenoxy) is 4. The van der Waals surface area contributed by atoms with Gasteiger partial charge in [-0.25, -0.2) is 9.59 Å². The molecule has 0 saturated heterocycles. The Morgan fingerprint density at radius 1 is 0.609 bits per heavy atom. The molecule has 0 bridgehead atoms. The number of methoxy groups -OCH3 is 1. The van der Waals surface area contributed by atoms with Crippen LogP contribution in [0.1, 0.15) is 106 Å². The molecule has 12 rings (SSSR count). The third-order valence-corrected chi connectivity index (χ3v) is 18.7. The second kappa shape index (κ2) is 16.4. The van der Waals surface area contributed by atoms with Gasteiger partial charge in [-0.3, -0.25) is 9.59 Å². The Balaban J connectivity index is 0.931. The zero-order valence-electron chi connectivity index (χ0n) is 40.2. The summed E-state index contributed by atoms with van der Waals surface area (Å²) in [6.07, 6.45) is 5.32. The van der Waals surface area contributed by atoms with Crippen molar-refractivity contribution in [3.05, 3.63) is 120 Å². The first-order valence-electron chi connectivity index (χ1n) is 25.3. The topological polar surface area (TPSA) is 105 Å². The van der Waals surface area contributed by atoms with Crippen LogP contribution >= 0.6 is 0 Å². The number of carbonyl (C=O) groups excluding carboxylic acids is 4. The van der Waals surface area contributed by atoms with Gasteiger partial charge in [-0.2, -0.15) is 0 Å². The number of benzene rings is 8. The van der Waals surface area contributed by atoms with E-state index in [1.54, 1.807) is 0 Å². The predicted molar refractivity (Wildman–Crippen MR) is 271 cm³/mol. The minimum atomic E-state index is -0.484. The summed E-state index contributed by atoms with van der Waals surface area (Å²) in [6.45, 7) is 8.46. The summed E-state index contributed by atoms with van der Waals surface area (Å²) in [5, 5.41) is 13.4. The maximum absolute atomic E-state index is 15.0. The fraction of sp³-hybridized carbons (Fsp3) is 0.410. The minimum absolute atomic E-state index is 0.00110. The maximum atomic E-state index is 15.0. The van der Waals surface area contributed by atoms with Crippen molar-refractivity contribution >= 4 is 88.5 Å². The van der Waals surface area contributed by atoms with Crippen LogP contribution in [0.25, 0.3) is 64.6 Å². The van der Waals surface area contributed by atoms with Crippen molar-refractivity contribution in [2.45, 2.75) is 104 Å². The molecule has 0 radical (unpaired) electrons. The van der Waals surface area contributed by atoms with Gasteiger partial charge in [0, 0.05) is 24.7 Å². The lowest BCUT2D eigenvalue weighted by Gasteiger charge is -2.64. The summed E-state index contributed by atoms with van der Waals surface area (Å²) < 4.78 is 25.1. The van der Waals surface area contributed by atoms with Crippen molar-refractivity contribution in [1.82, 2.24) is 0 Å². The van der Waals surface area contributed by atoms with Gasteiger partial charge in [-0.1, -0.05) is 106 Å². The van der Waals surface area contributed by atoms with E-state index in [0.29, 0.717) is 43.2 Å². The molecule has 4 fully saturated rings. The molecule has 4 saturated carbocycles. The van der Waals surface area contributed by atoms with Gasteiger partial charge >= 0.3 is 23.9 Å². The summed E-state index contributed by atoms with van der Waals surface area (Å²) >= 11 is 0. The SMILES string of the molecule is COC(=O)CC[C@@H](C)[C@H]1CC[C@H]2[C@@H]3[C@H](OC(=O)c4cc5ccc6cccc7ccc(c4)c5c67)C[C@@H]4C[C@H](OC(C)=O)CC[C@]4(C)[C@H]3C[C@H](OC(=O)c3cc4ccc5cccc6ccc(c3)c4c56)[C@]12C. The summed E-state index contributed by atoms with van der Waals surface area (Å²) in [4.78, 5) is 54.9. The molecule has 0 N–H and O–H groups in total. The van der Waals surface area contributed by atoms with Crippen LogP contribution in [-0.2, 0) is 28.5 Å². The highest BCUT2D eigenvalue weighted by atomic mass is 16.6. The van der Waals surface area contributed by atoms with Crippen LogP contribution in [0.3, 0.4) is 0 Å². The van der Waals surface area contributed by atoms with E-state index in [0.717, 1.165) is 58.0 Å². The number of fused-ring (bicyclic) bond motifs is 5. The van der Waals surface area contributed by atoms with Crippen molar-refractivity contribution in [3.63, 3.8) is 0 Å². The minimum Gasteiger partial charge on any atom is -0.469 e. The fourth-order valence-corrected chi connectivity index (χ4v) is 15.5. The molecule has 0 spiro atoms. The second-order valence-corrected chi connectivity index (χ2v) is 22.0. The van der Waals surface area contributed by atoms with Gasteiger partial charge in [-0.05, 0) is 175 Å². The van der Waals surface area contributed by atoms with E-state index >= 15 is 0 Å². The molecule has 69 heavy (non-hydrogen) atoms. The third-order valence-electron chi connectivity index (χ3n) is 18.7. The molecule has 0 aromatic heterocycles. The van der Waals surface area contributed by atoms with E-state index < -0.39 is 17.6 Å². The summed E-state index contributed by atoms with van der Waals surface area (Å²) in [7, 11) is 1.44. The lowest BCUT2D eigenvalue weighted by molar-refractivity contribution is -0.209. The highest BCUT2D eigenvalue weighted by molar-refractivity contribution is 6.25. The standard InChI is InChI=1S/C61H60O8/c1-33(12-23-52(63)66-5)47-21-22-48-57-49(32-51(61(47,48)4)69-59(65)44-28-41-19-15-37-10-7-11-38-16-20-42(29-44)56(41)54(37)38)60(3)25-24-46(67-34(2)62)30-45(60)31-50(57)68-58(64)43-26-39-17-13-35-8-6-9-36-14-18-40(27-43)55(39)53(35)36/h6-11,13-20,26-29,33,45-51,57H,12,21-25,30-32H2,1-5H3/t33-,45+,46-,47-,48+,49+,50-,51+,57+,60+,61-/m1/s1. The van der Waals surface area contributed by atoms with Gasteiger partial charge in [0.2, 0.25) is 0 Å². The maximum Gasteiger partial charge on any atom is 0.338 e. The van der Waals surface area contributed by atoms with Crippen molar-refractivity contribution in [1.29, 1.82) is 0 Å². The third kappa shape index (κ3) is 6.97. The first-order chi connectivity index (χ1) is 33.3. The molecule has 11 atom stereocenters. The van der Waals surface area contributed by atoms with Gasteiger partial charge in [0.05, 0.1) is 18.2 Å². The van der Waals surface area contributed by atoms with Crippen LogP contribution in [-0.4, -0.2) is 49.3 Å². The molecule has 4 aliphatic rings. The molecule has 8 heteroatoms. The van der Waals surface area contributed by atoms with Crippen LogP contribution in [0.4, 0.5) is 0 Å². The Morgan fingerprint density at radius 3 is 1.64 bits per heavy atom. The molecule has 0 unspecified atom stereocenters. The normalized spacial score (nSPS) is 29.2. The van der Waals surface area contributed by atoms with Crippen LogP contribution in [0, 0.1) is 46.3 Å². The smallest absolute Gasteiger partial charge is 0.338 e. The van der Waals surface area contributed by atoms with Gasteiger partial charge in [0.15, 0.2) is 0 Å². The number of rotatable bonds is 9. The number of esters is 4. The van der Waals surface area contributed by atoms with Crippen molar-refractivity contribution in [2.24, 2.45) is 46.3 Å². The van der Waals surface area contributed by atoms with Crippen LogP contribution < -0.4 is 0 Å². The zero-order valence-corrected chi connectivity index (χ0v) is 40.2. The van der Waals surface area contributed by atoms with Gasteiger partial charge in [0.25, 0.3) is 0 Å². The summed E-state index contributed by atoms with van der Waals surface area (Å²) in [5.74, 6) is -0.647. The molecule has 8 aromatic rings. The van der Waals surface area contributed by atoms with Crippen molar-refractivity contribution in [2.75, 3.05) is 7.11 Å². The monoisotopic (exact) mass is 920 g/mol. The van der Waals surface area contributed by atoms with E-state index in [1.807, 2.05) is 24.3 Å². The quantitative estimate of drug-likeness (QED) is 0.0801. The average molecular weight is 921 g/mol. The Hall–Kier alpha value is -6.28. The molecule has 352 valence electrons. The lowest BCUT2D eigenvalue weighted by atomic mass is 9.43. The Labute approximate surface area is 402 Å². The molecule has 0 heterocycles. The molecule has 0 aliphatic heterocycles. The zero-order chi connectivity index (χ0) is 47.5. The Kier molecular flexibility index (Phi) is 10.5. The van der Waals surface area contributed by atoms with Crippen LogP contribution in [0.5, 0.6) is 0 Å². The van der Waals surface area contributed by atoms with Gasteiger partial charge in [-0.15, -0.1) is 0 Å². The number of hydrogen-bond donors (Lipinski definition) is 0. The number of hydrogen-bond acceptors (Lipinski definition) is 8. The Bertz CT molecular complexity index is 3230. The van der Waals surface area contributed by atoms with Crippen LogP contribution in [0.2, 0.25) is 0 Å². The molecule has 8 nitrogen and oxygen atoms in total. The second-order valence-electron chi connectivity index (χ2n) is 22.0.